The number of hydrogen-bond acceptors (Lipinski definition) is 5. The molecule has 4 heterocycles. The molecule has 0 aromatic carbocycles. The van der Waals surface area contributed by atoms with Gasteiger partial charge in [0.2, 0.25) is 0 Å². The third kappa shape index (κ3) is 3.66. The van der Waals surface area contributed by atoms with Gasteiger partial charge in [0.15, 0.2) is 0 Å². The van der Waals surface area contributed by atoms with Gasteiger partial charge in [0.05, 0.1) is 26.1 Å². The normalized spacial score (nSPS) is 29.1. The predicted octanol–water partition coefficient (Wildman–Crippen LogP) is 2.25. The second kappa shape index (κ2) is 6.73. The van der Waals surface area contributed by atoms with Crippen molar-refractivity contribution < 1.29 is 9.47 Å². The summed E-state index contributed by atoms with van der Waals surface area (Å²) in [5, 5.41) is 4.38. The van der Waals surface area contributed by atoms with Crippen LogP contribution in [0.2, 0.25) is 0 Å². The monoisotopic (exact) mass is 333 g/mol. The van der Waals surface area contributed by atoms with E-state index in [0.717, 1.165) is 45.8 Å². The number of ether oxygens (including phenoxy) is 2. The second-order valence-corrected chi connectivity index (χ2v) is 7.50. The smallest absolute Gasteiger partial charge is 0.104 e. The number of hydrogen-bond donors (Lipinski definition) is 0. The standard InChI is InChI=1S/C17H23N3O2S/c1-6-23-11-15(1)8-19-4-5-21-13-17(12-19)7-16(10-22-17)9-20-3-2-18-14-20/h1-3,6,11,14,16H,4-5,7-10,12-13H2/t16-,17-/m1/s1. The van der Waals surface area contributed by atoms with Gasteiger partial charge >= 0.3 is 0 Å². The Kier molecular flexibility index (Phi) is 4.48. The molecule has 6 heteroatoms. The number of nitrogens with zero attached hydrogens (tertiary/aromatic N) is 3. The van der Waals surface area contributed by atoms with E-state index in [-0.39, 0.29) is 5.60 Å². The SMILES string of the molecule is c1cn(C[C@@H]2CO[C@]3(COCCN(Cc4ccsc4)C3)C2)cn1. The molecule has 5 nitrogen and oxygen atoms in total. The Labute approximate surface area is 140 Å². The van der Waals surface area contributed by atoms with Crippen molar-refractivity contribution in [1.82, 2.24) is 14.5 Å². The number of imidazole rings is 1. The van der Waals surface area contributed by atoms with Crippen LogP contribution in [-0.4, -0.2) is 53.0 Å². The molecule has 2 fully saturated rings. The maximum Gasteiger partial charge on any atom is 0.104 e. The van der Waals surface area contributed by atoms with Crippen LogP contribution in [0.15, 0.2) is 35.5 Å². The van der Waals surface area contributed by atoms with Crippen molar-refractivity contribution in [3.8, 4) is 0 Å². The van der Waals surface area contributed by atoms with Crippen LogP contribution in [0.3, 0.4) is 0 Å². The number of thiophene rings is 1. The summed E-state index contributed by atoms with van der Waals surface area (Å²) in [4.78, 5) is 6.61. The molecule has 2 atom stereocenters. The molecule has 0 radical (unpaired) electrons. The van der Waals surface area contributed by atoms with Crippen molar-refractivity contribution >= 4 is 11.3 Å². The zero-order valence-electron chi connectivity index (χ0n) is 13.3. The molecule has 0 N–H and O–H groups in total. The lowest BCUT2D eigenvalue weighted by Gasteiger charge is -2.31. The minimum atomic E-state index is -0.141. The largest absolute Gasteiger partial charge is 0.377 e. The van der Waals surface area contributed by atoms with E-state index in [9.17, 15) is 0 Å². The van der Waals surface area contributed by atoms with Gasteiger partial charge in [-0.25, -0.2) is 4.98 Å². The van der Waals surface area contributed by atoms with Gasteiger partial charge in [0.25, 0.3) is 0 Å². The third-order valence-corrected chi connectivity index (χ3v) is 5.46. The van der Waals surface area contributed by atoms with Crippen LogP contribution < -0.4 is 0 Å². The van der Waals surface area contributed by atoms with Gasteiger partial charge in [0, 0.05) is 44.5 Å². The zero-order chi connectivity index (χ0) is 15.5. The van der Waals surface area contributed by atoms with Crippen molar-refractivity contribution in [2.24, 2.45) is 5.92 Å². The van der Waals surface area contributed by atoms with Crippen molar-refractivity contribution in [3.63, 3.8) is 0 Å². The molecular weight excluding hydrogens is 310 g/mol. The molecule has 0 bridgehead atoms. The fourth-order valence-corrected chi connectivity index (χ4v) is 4.38. The highest BCUT2D eigenvalue weighted by atomic mass is 32.1. The first-order chi connectivity index (χ1) is 11.3. The fourth-order valence-electron chi connectivity index (χ4n) is 3.72. The van der Waals surface area contributed by atoms with Crippen LogP contribution in [0.5, 0.6) is 0 Å². The molecule has 0 unspecified atom stereocenters. The minimum Gasteiger partial charge on any atom is -0.377 e. The quantitative estimate of drug-likeness (QED) is 0.860. The summed E-state index contributed by atoms with van der Waals surface area (Å²) in [6, 6.07) is 2.21. The topological polar surface area (TPSA) is 39.5 Å². The summed E-state index contributed by atoms with van der Waals surface area (Å²) in [5.74, 6) is 0.536. The molecule has 23 heavy (non-hydrogen) atoms. The van der Waals surface area contributed by atoms with Crippen molar-refractivity contribution in [2.45, 2.75) is 25.1 Å². The molecule has 2 saturated heterocycles. The summed E-state index contributed by atoms with van der Waals surface area (Å²) in [5.41, 5.74) is 1.25. The minimum absolute atomic E-state index is 0.141. The molecule has 0 aliphatic carbocycles. The van der Waals surface area contributed by atoms with Crippen LogP contribution in [0.4, 0.5) is 0 Å². The number of rotatable bonds is 4. The van der Waals surface area contributed by atoms with E-state index in [2.05, 4.69) is 31.3 Å². The highest BCUT2D eigenvalue weighted by Crippen LogP contribution is 2.34. The van der Waals surface area contributed by atoms with E-state index < -0.39 is 0 Å². The second-order valence-electron chi connectivity index (χ2n) is 6.72. The lowest BCUT2D eigenvalue weighted by molar-refractivity contribution is -0.0563. The molecule has 2 aliphatic rings. The van der Waals surface area contributed by atoms with E-state index in [4.69, 9.17) is 9.47 Å². The maximum absolute atomic E-state index is 6.27. The Bertz CT molecular complexity index is 601. The number of aromatic nitrogens is 2. The summed E-state index contributed by atoms with van der Waals surface area (Å²) >= 11 is 1.76. The van der Waals surface area contributed by atoms with E-state index in [1.54, 1.807) is 11.3 Å². The highest BCUT2D eigenvalue weighted by molar-refractivity contribution is 7.07. The molecule has 2 aromatic rings. The molecule has 0 saturated carbocycles. The Morgan fingerprint density at radius 1 is 1.43 bits per heavy atom. The third-order valence-electron chi connectivity index (χ3n) is 4.73. The van der Waals surface area contributed by atoms with Crippen molar-refractivity contribution in [3.05, 3.63) is 41.1 Å². The molecular formula is C17H23N3O2S. The van der Waals surface area contributed by atoms with Gasteiger partial charge < -0.3 is 14.0 Å². The van der Waals surface area contributed by atoms with Crippen molar-refractivity contribution in [1.29, 1.82) is 0 Å². The van der Waals surface area contributed by atoms with Gasteiger partial charge in [-0.3, -0.25) is 4.90 Å². The van der Waals surface area contributed by atoms with Crippen LogP contribution in [0.1, 0.15) is 12.0 Å². The average Bonchev–Trinajstić information content (AvgIpc) is 3.25. The Balaban J connectivity index is 1.40. The van der Waals surface area contributed by atoms with Crippen LogP contribution in [0, 0.1) is 5.92 Å². The van der Waals surface area contributed by atoms with Gasteiger partial charge in [0.1, 0.15) is 5.60 Å². The van der Waals surface area contributed by atoms with E-state index in [0.29, 0.717) is 12.5 Å². The molecule has 2 aliphatic heterocycles. The van der Waals surface area contributed by atoms with Crippen LogP contribution >= 0.6 is 11.3 Å². The Morgan fingerprint density at radius 3 is 3.26 bits per heavy atom. The predicted molar refractivity (Wildman–Crippen MR) is 89.4 cm³/mol. The summed E-state index contributed by atoms with van der Waals surface area (Å²) in [6.07, 6.45) is 6.81. The highest BCUT2D eigenvalue weighted by Gasteiger charge is 2.43. The lowest BCUT2D eigenvalue weighted by Crippen LogP contribution is -2.43. The zero-order valence-corrected chi connectivity index (χ0v) is 14.1. The summed E-state index contributed by atoms with van der Waals surface area (Å²) in [6.45, 7) is 6.23. The van der Waals surface area contributed by atoms with E-state index >= 15 is 0 Å². The molecule has 1 spiro atoms. The van der Waals surface area contributed by atoms with Crippen LogP contribution in [-0.2, 0) is 22.6 Å². The summed E-state index contributed by atoms with van der Waals surface area (Å²) < 4.78 is 14.3. The first-order valence-electron chi connectivity index (χ1n) is 8.22. The van der Waals surface area contributed by atoms with E-state index in [1.807, 2.05) is 18.7 Å². The van der Waals surface area contributed by atoms with Gasteiger partial charge in [-0.1, -0.05) is 0 Å². The summed E-state index contributed by atoms with van der Waals surface area (Å²) in [7, 11) is 0. The van der Waals surface area contributed by atoms with Gasteiger partial charge in [-0.05, 0) is 28.8 Å². The first kappa shape index (κ1) is 15.3. The van der Waals surface area contributed by atoms with E-state index in [1.165, 1.54) is 5.56 Å². The van der Waals surface area contributed by atoms with Gasteiger partial charge in [-0.2, -0.15) is 11.3 Å². The Hall–Kier alpha value is -1.21. The molecule has 0 amide bonds. The fraction of sp³-hybridized carbons (Fsp3) is 0.588. The molecule has 124 valence electrons. The molecule has 2 aromatic heterocycles. The van der Waals surface area contributed by atoms with Gasteiger partial charge in [-0.15, -0.1) is 0 Å². The maximum atomic E-state index is 6.27. The Morgan fingerprint density at radius 2 is 2.43 bits per heavy atom. The lowest BCUT2D eigenvalue weighted by atomic mass is 9.94. The molecule has 4 rings (SSSR count). The first-order valence-corrected chi connectivity index (χ1v) is 9.17. The average molecular weight is 333 g/mol. The van der Waals surface area contributed by atoms with Crippen molar-refractivity contribution in [2.75, 3.05) is 32.9 Å². The van der Waals surface area contributed by atoms with Crippen LogP contribution in [0.25, 0.3) is 0 Å².